The van der Waals surface area contributed by atoms with E-state index in [1.165, 1.54) is 13.3 Å². The molecule has 2 aromatic carbocycles. The summed E-state index contributed by atoms with van der Waals surface area (Å²) >= 11 is 0. The lowest BCUT2D eigenvalue weighted by Crippen LogP contribution is -2.32. The molecule has 0 aliphatic carbocycles. The Morgan fingerprint density at radius 2 is 1.73 bits per heavy atom. The summed E-state index contributed by atoms with van der Waals surface area (Å²) in [6.07, 6.45) is 1.45. The minimum absolute atomic E-state index is 0.0287. The van der Waals surface area contributed by atoms with Gasteiger partial charge in [0.2, 0.25) is 0 Å². The molecule has 3 rings (SSSR count). The van der Waals surface area contributed by atoms with Gasteiger partial charge in [0.15, 0.2) is 0 Å². The summed E-state index contributed by atoms with van der Waals surface area (Å²) in [7, 11) is 1.43. The lowest BCUT2D eigenvalue weighted by atomic mass is 9.95. The van der Waals surface area contributed by atoms with Gasteiger partial charge < -0.3 is 15.0 Å². The third-order valence-corrected chi connectivity index (χ3v) is 4.23. The van der Waals surface area contributed by atoms with E-state index in [2.05, 4.69) is 10.3 Å². The maximum atomic E-state index is 12.7. The number of aromatic amines is 1. The minimum Gasteiger partial charge on any atom is -0.496 e. The Labute approximate surface area is 151 Å². The number of hydrogen-bond donors (Lipinski definition) is 2. The average Bonchev–Trinajstić information content (AvgIpc) is 2.68. The third-order valence-electron chi connectivity index (χ3n) is 4.23. The number of pyridine rings is 1. The standard InChI is InChI=1S/C21H20N2O3/c1-14(23-21(25)19-18(26-2)12-13-22-20(19)24)16-10-6-7-11-17(16)15-8-4-3-5-9-15/h3-14H,1-2H3,(H,22,24)(H,23,25). The Bertz CT molecular complexity index is 964. The van der Waals surface area contributed by atoms with Gasteiger partial charge in [-0.2, -0.15) is 0 Å². The van der Waals surface area contributed by atoms with Crippen molar-refractivity contribution in [2.45, 2.75) is 13.0 Å². The number of hydrogen-bond acceptors (Lipinski definition) is 3. The van der Waals surface area contributed by atoms with Gasteiger partial charge in [-0.25, -0.2) is 0 Å². The van der Waals surface area contributed by atoms with Gasteiger partial charge in [-0.15, -0.1) is 0 Å². The van der Waals surface area contributed by atoms with E-state index < -0.39 is 11.5 Å². The van der Waals surface area contributed by atoms with Crippen LogP contribution in [-0.2, 0) is 0 Å². The zero-order valence-corrected chi connectivity index (χ0v) is 14.7. The smallest absolute Gasteiger partial charge is 0.264 e. The van der Waals surface area contributed by atoms with E-state index in [1.54, 1.807) is 6.07 Å². The van der Waals surface area contributed by atoms with Crippen LogP contribution in [0, 0.1) is 0 Å². The van der Waals surface area contributed by atoms with Gasteiger partial charge in [0.1, 0.15) is 11.3 Å². The molecule has 0 saturated heterocycles. The van der Waals surface area contributed by atoms with Gasteiger partial charge in [-0.05, 0) is 29.7 Å². The maximum Gasteiger partial charge on any atom is 0.264 e. The molecule has 0 saturated carbocycles. The first kappa shape index (κ1) is 17.5. The Hall–Kier alpha value is -3.34. The lowest BCUT2D eigenvalue weighted by Gasteiger charge is -2.18. The van der Waals surface area contributed by atoms with Crippen LogP contribution >= 0.6 is 0 Å². The molecular weight excluding hydrogens is 328 g/mol. The molecule has 0 aliphatic heterocycles. The summed E-state index contributed by atoms with van der Waals surface area (Å²) in [5.41, 5.74) is 2.57. The molecule has 0 aliphatic rings. The Kier molecular flexibility index (Phi) is 5.17. The van der Waals surface area contributed by atoms with E-state index >= 15 is 0 Å². The SMILES string of the molecule is COc1cc[nH]c(=O)c1C(=O)NC(C)c1ccccc1-c1ccccc1. The highest BCUT2D eigenvalue weighted by Crippen LogP contribution is 2.28. The normalized spacial score (nSPS) is 11.6. The van der Waals surface area contributed by atoms with Crippen LogP contribution in [0.1, 0.15) is 28.9 Å². The van der Waals surface area contributed by atoms with E-state index in [4.69, 9.17) is 4.74 Å². The molecule has 26 heavy (non-hydrogen) atoms. The molecule has 0 fully saturated rings. The second-order valence-corrected chi connectivity index (χ2v) is 5.90. The van der Waals surface area contributed by atoms with E-state index in [9.17, 15) is 9.59 Å². The van der Waals surface area contributed by atoms with Crippen molar-refractivity contribution in [3.63, 3.8) is 0 Å². The van der Waals surface area contributed by atoms with Crippen molar-refractivity contribution in [2.75, 3.05) is 7.11 Å². The Morgan fingerprint density at radius 1 is 1.04 bits per heavy atom. The van der Waals surface area contributed by atoms with E-state index in [-0.39, 0.29) is 17.4 Å². The molecule has 132 valence electrons. The monoisotopic (exact) mass is 348 g/mol. The summed E-state index contributed by atoms with van der Waals surface area (Å²) < 4.78 is 5.15. The predicted octanol–water partition coefficient (Wildman–Crippen LogP) is 3.54. The van der Waals surface area contributed by atoms with E-state index in [1.807, 2.05) is 61.5 Å². The zero-order chi connectivity index (χ0) is 18.5. The largest absolute Gasteiger partial charge is 0.496 e. The van der Waals surface area contributed by atoms with Crippen LogP contribution in [-0.4, -0.2) is 18.0 Å². The fourth-order valence-corrected chi connectivity index (χ4v) is 2.95. The van der Waals surface area contributed by atoms with Crippen molar-refractivity contribution in [2.24, 2.45) is 0 Å². The topological polar surface area (TPSA) is 71.2 Å². The highest BCUT2D eigenvalue weighted by atomic mass is 16.5. The molecule has 0 radical (unpaired) electrons. The zero-order valence-electron chi connectivity index (χ0n) is 14.7. The van der Waals surface area contributed by atoms with Gasteiger partial charge >= 0.3 is 0 Å². The molecule has 5 nitrogen and oxygen atoms in total. The fraction of sp³-hybridized carbons (Fsp3) is 0.143. The third kappa shape index (κ3) is 3.52. The van der Waals surface area contributed by atoms with Crippen molar-refractivity contribution in [1.29, 1.82) is 0 Å². The van der Waals surface area contributed by atoms with Crippen molar-refractivity contribution in [3.8, 4) is 16.9 Å². The number of rotatable bonds is 5. The van der Waals surface area contributed by atoms with Crippen LogP contribution in [0.4, 0.5) is 0 Å². The molecule has 0 bridgehead atoms. The molecule has 3 aromatic rings. The quantitative estimate of drug-likeness (QED) is 0.741. The van der Waals surface area contributed by atoms with Crippen molar-refractivity contribution >= 4 is 5.91 Å². The second-order valence-electron chi connectivity index (χ2n) is 5.90. The maximum absolute atomic E-state index is 12.7. The van der Waals surface area contributed by atoms with Crippen molar-refractivity contribution in [1.82, 2.24) is 10.3 Å². The molecule has 1 aromatic heterocycles. The molecule has 1 amide bonds. The van der Waals surface area contributed by atoms with Crippen LogP contribution in [0.5, 0.6) is 5.75 Å². The van der Waals surface area contributed by atoms with Gasteiger partial charge in [-0.1, -0.05) is 54.6 Å². The number of nitrogens with one attached hydrogen (secondary N) is 2. The summed E-state index contributed by atoms with van der Waals surface area (Å²) in [5.74, 6) is -0.228. The van der Waals surface area contributed by atoms with Crippen LogP contribution in [0.3, 0.4) is 0 Å². The summed E-state index contributed by atoms with van der Waals surface area (Å²) in [6.45, 7) is 1.89. The lowest BCUT2D eigenvalue weighted by molar-refractivity contribution is 0.0935. The molecule has 1 heterocycles. The summed E-state index contributed by atoms with van der Waals surface area (Å²) in [6, 6.07) is 19.1. The average molecular weight is 348 g/mol. The van der Waals surface area contributed by atoms with Crippen LogP contribution in [0.15, 0.2) is 71.7 Å². The summed E-state index contributed by atoms with van der Waals surface area (Å²) in [5, 5.41) is 2.90. The first-order chi connectivity index (χ1) is 12.6. The fourth-order valence-electron chi connectivity index (χ4n) is 2.95. The number of H-pyrrole nitrogens is 1. The van der Waals surface area contributed by atoms with Crippen molar-refractivity contribution < 1.29 is 9.53 Å². The van der Waals surface area contributed by atoms with Gasteiger partial charge in [0.05, 0.1) is 13.2 Å². The molecule has 2 N–H and O–H groups in total. The first-order valence-corrected chi connectivity index (χ1v) is 8.32. The van der Waals surface area contributed by atoms with Crippen LogP contribution in [0.25, 0.3) is 11.1 Å². The molecule has 1 atom stereocenters. The summed E-state index contributed by atoms with van der Waals surface area (Å²) in [4.78, 5) is 27.2. The minimum atomic E-state index is -0.481. The number of aromatic nitrogens is 1. The number of amides is 1. The van der Waals surface area contributed by atoms with E-state index in [0.717, 1.165) is 16.7 Å². The van der Waals surface area contributed by atoms with Gasteiger partial charge in [0, 0.05) is 6.20 Å². The van der Waals surface area contributed by atoms with E-state index in [0.29, 0.717) is 0 Å². The molecular formula is C21H20N2O3. The number of carbonyl (C=O) groups is 1. The number of carbonyl (C=O) groups excluding carboxylic acids is 1. The first-order valence-electron chi connectivity index (χ1n) is 8.32. The van der Waals surface area contributed by atoms with Gasteiger partial charge in [-0.3, -0.25) is 9.59 Å². The van der Waals surface area contributed by atoms with Gasteiger partial charge in [0.25, 0.3) is 11.5 Å². The Balaban J connectivity index is 1.92. The highest BCUT2D eigenvalue weighted by Gasteiger charge is 2.20. The Morgan fingerprint density at radius 3 is 2.46 bits per heavy atom. The van der Waals surface area contributed by atoms with Crippen LogP contribution in [0.2, 0.25) is 0 Å². The number of benzene rings is 2. The highest BCUT2D eigenvalue weighted by molar-refractivity contribution is 5.96. The van der Waals surface area contributed by atoms with Crippen molar-refractivity contribution in [3.05, 3.63) is 88.3 Å². The molecule has 1 unspecified atom stereocenters. The predicted molar refractivity (Wildman–Crippen MR) is 101 cm³/mol. The molecule has 5 heteroatoms. The number of ether oxygens (including phenoxy) is 1. The second kappa shape index (κ2) is 7.70. The van der Waals surface area contributed by atoms with Crippen LogP contribution < -0.4 is 15.6 Å². The number of methoxy groups -OCH3 is 1. The molecule has 0 spiro atoms.